The van der Waals surface area contributed by atoms with Gasteiger partial charge >= 0.3 is 0 Å². The molecule has 98 valence electrons. The topological polar surface area (TPSA) is 29.5 Å². The van der Waals surface area contributed by atoms with Crippen LogP contribution >= 0.6 is 0 Å². The minimum atomic E-state index is -2.05. The molecule has 0 aromatic rings. The summed E-state index contributed by atoms with van der Waals surface area (Å²) in [7, 11) is 0. The van der Waals surface area contributed by atoms with Crippen molar-refractivity contribution in [2.75, 3.05) is 19.8 Å². The molecule has 16 heavy (non-hydrogen) atoms. The van der Waals surface area contributed by atoms with Crippen LogP contribution in [0.3, 0.4) is 0 Å². The normalized spacial score (nSPS) is 19.1. The molecule has 6 heteroatoms. The maximum atomic E-state index is 13.0. The second kappa shape index (κ2) is 8.75. The van der Waals surface area contributed by atoms with Gasteiger partial charge in [0.15, 0.2) is 18.5 Å². The fourth-order valence-corrected chi connectivity index (χ4v) is 1.07. The van der Waals surface area contributed by atoms with Crippen molar-refractivity contribution < 1.29 is 27.4 Å². The predicted octanol–water partition coefficient (Wildman–Crippen LogP) is 2.15. The van der Waals surface area contributed by atoms with Gasteiger partial charge in [0.2, 0.25) is 0 Å². The maximum absolute atomic E-state index is 13.0. The van der Waals surface area contributed by atoms with Gasteiger partial charge in [-0.25, -0.2) is 17.6 Å². The Kier molecular flexibility index (Phi) is 8.56. The summed E-state index contributed by atoms with van der Waals surface area (Å²) in [4.78, 5) is 0. The molecule has 0 aromatic carbocycles. The smallest absolute Gasteiger partial charge is 0.157 e. The minimum absolute atomic E-state index is 0.0754. The highest BCUT2D eigenvalue weighted by Gasteiger charge is 2.23. The van der Waals surface area contributed by atoms with Gasteiger partial charge in [0.05, 0.1) is 19.8 Å². The number of alkyl halides is 4. The van der Waals surface area contributed by atoms with E-state index in [0.29, 0.717) is 6.42 Å². The van der Waals surface area contributed by atoms with Gasteiger partial charge in [-0.2, -0.15) is 0 Å². The molecule has 0 heterocycles. The van der Waals surface area contributed by atoms with Gasteiger partial charge in [0.25, 0.3) is 0 Å². The van der Waals surface area contributed by atoms with Crippen LogP contribution in [0.25, 0.3) is 0 Å². The first kappa shape index (κ1) is 15.6. The molecule has 0 fully saturated rings. The molecule has 0 aliphatic carbocycles. The maximum Gasteiger partial charge on any atom is 0.157 e. The van der Waals surface area contributed by atoms with Crippen molar-refractivity contribution >= 4 is 0 Å². The summed E-state index contributed by atoms with van der Waals surface area (Å²) >= 11 is 0. The molecule has 0 spiro atoms. The van der Waals surface area contributed by atoms with Crippen LogP contribution in [0.1, 0.15) is 19.8 Å². The van der Waals surface area contributed by atoms with E-state index in [2.05, 4.69) is 4.74 Å². The van der Waals surface area contributed by atoms with E-state index >= 15 is 0 Å². The first-order chi connectivity index (χ1) is 7.52. The third kappa shape index (κ3) is 6.27. The summed E-state index contributed by atoms with van der Waals surface area (Å²) in [5, 5.41) is 8.27. The van der Waals surface area contributed by atoms with Crippen LogP contribution in [0.5, 0.6) is 0 Å². The molecule has 4 atom stereocenters. The van der Waals surface area contributed by atoms with Gasteiger partial charge in [-0.05, 0) is 6.42 Å². The molecular weight excluding hydrogens is 228 g/mol. The van der Waals surface area contributed by atoms with Crippen molar-refractivity contribution in [3.63, 3.8) is 0 Å². The molecule has 0 rings (SSSR count). The monoisotopic (exact) mass is 246 g/mol. The van der Waals surface area contributed by atoms with Gasteiger partial charge < -0.3 is 9.84 Å². The lowest BCUT2D eigenvalue weighted by molar-refractivity contribution is -0.0102. The quantitative estimate of drug-likeness (QED) is 0.632. The summed E-state index contributed by atoms with van der Waals surface area (Å²) < 4.78 is 55.5. The predicted molar refractivity (Wildman–Crippen MR) is 52.4 cm³/mol. The summed E-state index contributed by atoms with van der Waals surface area (Å²) in [6, 6.07) is 0. The van der Waals surface area contributed by atoms with E-state index in [1.54, 1.807) is 6.92 Å². The molecule has 0 amide bonds. The molecule has 0 saturated heterocycles. The van der Waals surface area contributed by atoms with Crippen LogP contribution in [0.2, 0.25) is 0 Å². The highest BCUT2D eigenvalue weighted by molar-refractivity contribution is 4.69. The largest absolute Gasteiger partial charge is 0.393 e. The number of aliphatic hydroxyl groups excluding tert-OH is 1. The van der Waals surface area contributed by atoms with Crippen molar-refractivity contribution in [1.29, 1.82) is 0 Å². The van der Waals surface area contributed by atoms with Crippen molar-refractivity contribution in [3.05, 3.63) is 0 Å². The fraction of sp³-hybridized carbons (Fsp3) is 1.00. The lowest BCUT2D eigenvalue weighted by Gasteiger charge is -2.15. The van der Waals surface area contributed by atoms with Crippen molar-refractivity contribution in [1.82, 2.24) is 0 Å². The molecule has 4 unspecified atom stereocenters. The number of ether oxygens (including phenoxy) is 1. The molecule has 0 aromatic heterocycles. The molecular formula is C10H18F4O2. The Hall–Kier alpha value is -0.360. The second-order valence-corrected chi connectivity index (χ2v) is 3.57. The third-order valence-corrected chi connectivity index (χ3v) is 2.08. The Morgan fingerprint density at radius 3 is 1.88 bits per heavy atom. The van der Waals surface area contributed by atoms with E-state index in [1.165, 1.54) is 0 Å². The molecule has 0 saturated carbocycles. The van der Waals surface area contributed by atoms with Crippen LogP contribution in [-0.2, 0) is 4.74 Å². The summed E-state index contributed by atoms with van der Waals surface area (Å²) in [5.41, 5.74) is 0. The Bertz CT molecular complexity index is 171. The van der Waals surface area contributed by atoms with Gasteiger partial charge in [-0.15, -0.1) is 0 Å². The van der Waals surface area contributed by atoms with E-state index in [0.717, 1.165) is 0 Å². The lowest BCUT2D eigenvalue weighted by atomic mass is 10.1. The van der Waals surface area contributed by atoms with Crippen LogP contribution in [0.4, 0.5) is 17.6 Å². The summed E-state index contributed by atoms with van der Waals surface area (Å²) in [6.45, 7) is -0.515. The first-order valence-corrected chi connectivity index (χ1v) is 5.27. The molecule has 1 N–H and O–H groups in total. The Labute approximate surface area is 92.6 Å². The number of hydrogen-bond acceptors (Lipinski definition) is 2. The number of halogens is 4. The third-order valence-electron chi connectivity index (χ3n) is 2.08. The molecule has 0 bridgehead atoms. The SMILES string of the molecule is CCCC(F)C(F)COCC(F)C(F)CO. The Morgan fingerprint density at radius 1 is 0.938 bits per heavy atom. The average molecular weight is 246 g/mol. The van der Waals surface area contributed by atoms with E-state index < -0.39 is 44.5 Å². The molecule has 0 aliphatic rings. The van der Waals surface area contributed by atoms with Gasteiger partial charge in [0.1, 0.15) is 6.17 Å². The zero-order valence-corrected chi connectivity index (χ0v) is 9.21. The average Bonchev–Trinajstić information content (AvgIpc) is 2.27. The van der Waals surface area contributed by atoms with Crippen LogP contribution in [-0.4, -0.2) is 49.6 Å². The fourth-order valence-electron chi connectivity index (χ4n) is 1.07. The minimum Gasteiger partial charge on any atom is -0.393 e. The summed E-state index contributed by atoms with van der Waals surface area (Å²) in [6.07, 6.45) is -6.94. The van der Waals surface area contributed by atoms with Crippen molar-refractivity contribution in [2.45, 2.75) is 44.5 Å². The highest BCUT2D eigenvalue weighted by atomic mass is 19.2. The van der Waals surface area contributed by atoms with Crippen molar-refractivity contribution in [2.24, 2.45) is 0 Å². The van der Waals surface area contributed by atoms with Crippen LogP contribution in [0, 0.1) is 0 Å². The molecule has 2 nitrogen and oxygen atoms in total. The number of aliphatic hydroxyl groups is 1. The summed E-state index contributed by atoms with van der Waals surface area (Å²) in [5.74, 6) is 0. The van der Waals surface area contributed by atoms with E-state index in [4.69, 9.17) is 5.11 Å². The molecule has 0 aliphatic heterocycles. The Balaban J connectivity index is 3.64. The van der Waals surface area contributed by atoms with E-state index in [-0.39, 0.29) is 6.42 Å². The second-order valence-electron chi connectivity index (χ2n) is 3.57. The number of rotatable bonds is 9. The van der Waals surface area contributed by atoms with Crippen molar-refractivity contribution in [3.8, 4) is 0 Å². The van der Waals surface area contributed by atoms with Crippen LogP contribution < -0.4 is 0 Å². The van der Waals surface area contributed by atoms with Crippen LogP contribution in [0.15, 0.2) is 0 Å². The van der Waals surface area contributed by atoms with E-state index in [1.807, 2.05) is 0 Å². The standard InChI is InChI=1S/C10H18F4O2/c1-2-3-7(11)9(13)5-16-6-10(14)8(12)4-15/h7-10,15H,2-6H2,1H3. The zero-order chi connectivity index (χ0) is 12.6. The molecule has 0 radical (unpaired) electrons. The van der Waals surface area contributed by atoms with Gasteiger partial charge in [-0.3, -0.25) is 0 Å². The van der Waals surface area contributed by atoms with Gasteiger partial charge in [-0.1, -0.05) is 13.3 Å². The lowest BCUT2D eigenvalue weighted by Crippen LogP contribution is -2.29. The zero-order valence-electron chi connectivity index (χ0n) is 9.21. The Morgan fingerprint density at radius 2 is 1.44 bits per heavy atom. The van der Waals surface area contributed by atoms with Gasteiger partial charge in [0, 0.05) is 0 Å². The number of hydrogen-bond donors (Lipinski definition) is 1. The highest BCUT2D eigenvalue weighted by Crippen LogP contribution is 2.12. The first-order valence-electron chi connectivity index (χ1n) is 5.27. The van der Waals surface area contributed by atoms with E-state index in [9.17, 15) is 17.6 Å².